The van der Waals surface area contributed by atoms with Gasteiger partial charge in [0.25, 0.3) is 5.91 Å². The van der Waals surface area contributed by atoms with E-state index in [1.807, 2.05) is 6.92 Å². The number of carbonyl (C=O) groups is 1. The van der Waals surface area contributed by atoms with Gasteiger partial charge < -0.3 is 9.32 Å². The van der Waals surface area contributed by atoms with Crippen molar-refractivity contribution < 1.29 is 9.21 Å². The van der Waals surface area contributed by atoms with E-state index >= 15 is 0 Å². The first-order valence-electron chi connectivity index (χ1n) is 4.95. The van der Waals surface area contributed by atoms with Gasteiger partial charge >= 0.3 is 0 Å². The van der Waals surface area contributed by atoms with Crippen LogP contribution in [0.3, 0.4) is 0 Å². The fourth-order valence-electron chi connectivity index (χ4n) is 1.47. The van der Waals surface area contributed by atoms with Crippen LogP contribution < -0.4 is 0 Å². The van der Waals surface area contributed by atoms with Crippen molar-refractivity contribution in [2.75, 3.05) is 7.05 Å². The van der Waals surface area contributed by atoms with Crippen molar-refractivity contribution in [1.82, 2.24) is 15.1 Å². The molecule has 0 aliphatic carbocycles. The second-order valence-corrected chi connectivity index (χ2v) is 3.70. The normalized spacial score (nSPS) is 10.4. The molecule has 16 heavy (non-hydrogen) atoms. The molecule has 0 unspecified atom stereocenters. The van der Waals surface area contributed by atoms with Crippen molar-refractivity contribution in [3.8, 4) is 0 Å². The van der Waals surface area contributed by atoms with Gasteiger partial charge in [-0.05, 0) is 13.0 Å². The number of nitrogens with zero attached hydrogens (tertiary/aromatic N) is 2. The average molecular weight is 219 g/mol. The Balaban J connectivity index is 2.08. The molecule has 0 radical (unpaired) electrons. The van der Waals surface area contributed by atoms with Crippen LogP contribution in [0.4, 0.5) is 0 Å². The van der Waals surface area contributed by atoms with Crippen molar-refractivity contribution in [1.29, 1.82) is 0 Å². The first kappa shape index (κ1) is 10.5. The molecule has 0 aliphatic rings. The number of furan rings is 1. The van der Waals surface area contributed by atoms with E-state index in [-0.39, 0.29) is 5.91 Å². The Morgan fingerprint density at radius 3 is 3.00 bits per heavy atom. The Labute approximate surface area is 93.1 Å². The molecule has 0 bridgehead atoms. The number of aryl methyl sites for hydroxylation is 1. The van der Waals surface area contributed by atoms with Gasteiger partial charge in [0.2, 0.25) is 0 Å². The highest BCUT2D eigenvalue weighted by Gasteiger charge is 2.17. The van der Waals surface area contributed by atoms with Crippen LogP contribution in [-0.2, 0) is 6.54 Å². The smallest absolute Gasteiger partial charge is 0.289 e. The lowest BCUT2D eigenvalue weighted by Crippen LogP contribution is -2.26. The molecule has 0 saturated heterocycles. The fourth-order valence-corrected chi connectivity index (χ4v) is 1.47. The summed E-state index contributed by atoms with van der Waals surface area (Å²) in [6, 6.07) is 1.78. The molecule has 2 rings (SSSR count). The molecule has 0 spiro atoms. The van der Waals surface area contributed by atoms with E-state index < -0.39 is 0 Å². The highest BCUT2D eigenvalue weighted by atomic mass is 16.3. The molecule has 0 fully saturated rings. The van der Waals surface area contributed by atoms with E-state index in [0.717, 1.165) is 11.1 Å². The SMILES string of the molecule is Cc1ccoc1C(=O)N(C)Cc1cn[nH]c1. The van der Waals surface area contributed by atoms with E-state index in [0.29, 0.717) is 12.3 Å². The second-order valence-electron chi connectivity index (χ2n) is 3.70. The molecule has 1 amide bonds. The Bertz CT molecular complexity index is 473. The lowest BCUT2D eigenvalue weighted by molar-refractivity contribution is 0.0752. The summed E-state index contributed by atoms with van der Waals surface area (Å²) in [5.74, 6) is 0.273. The van der Waals surface area contributed by atoms with Crippen LogP contribution in [0, 0.1) is 6.92 Å². The number of nitrogens with one attached hydrogen (secondary N) is 1. The molecule has 5 heteroatoms. The number of aromatic amines is 1. The predicted octanol–water partition coefficient (Wildman–Crippen LogP) is 1.58. The van der Waals surface area contributed by atoms with Gasteiger partial charge in [0.05, 0.1) is 12.5 Å². The molecule has 0 aliphatic heterocycles. The van der Waals surface area contributed by atoms with Crippen molar-refractivity contribution in [2.45, 2.75) is 13.5 Å². The Morgan fingerprint density at radius 2 is 2.44 bits per heavy atom. The third-order valence-electron chi connectivity index (χ3n) is 2.38. The molecule has 2 aromatic rings. The standard InChI is InChI=1S/C11H13N3O2/c1-8-3-4-16-10(8)11(15)14(2)7-9-5-12-13-6-9/h3-6H,7H2,1-2H3,(H,12,13). The number of carbonyl (C=O) groups excluding carboxylic acids is 1. The van der Waals surface area contributed by atoms with Crippen LogP contribution in [0.2, 0.25) is 0 Å². The highest BCUT2D eigenvalue weighted by molar-refractivity contribution is 5.92. The summed E-state index contributed by atoms with van der Waals surface area (Å²) in [7, 11) is 1.73. The first-order valence-corrected chi connectivity index (χ1v) is 4.95. The van der Waals surface area contributed by atoms with Gasteiger partial charge in [0.1, 0.15) is 0 Å². The topological polar surface area (TPSA) is 62.1 Å². The van der Waals surface area contributed by atoms with Gasteiger partial charge in [0.15, 0.2) is 5.76 Å². The molecule has 0 aromatic carbocycles. The summed E-state index contributed by atoms with van der Waals surface area (Å²) in [6.07, 6.45) is 4.98. The van der Waals surface area contributed by atoms with Gasteiger partial charge in [-0.3, -0.25) is 9.89 Å². The average Bonchev–Trinajstić information content (AvgIpc) is 2.88. The van der Waals surface area contributed by atoms with E-state index in [1.54, 1.807) is 30.4 Å². The van der Waals surface area contributed by atoms with Gasteiger partial charge in [-0.25, -0.2) is 0 Å². The number of rotatable bonds is 3. The summed E-state index contributed by atoms with van der Waals surface area (Å²) >= 11 is 0. The molecule has 2 heterocycles. The molecule has 5 nitrogen and oxygen atoms in total. The zero-order chi connectivity index (χ0) is 11.5. The first-order chi connectivity index (χ1) is 7.68. The number of amides is 1. The molecule has 1 N–H and O–H groups in total. The van der Waals surface area contributed by atoms with Gasteiger partial charge in [-0.1, -0.05) is 0 Å². The van der Waals surface area contributed by atoms with E-state index in [2.05, 4.69) is 10.2 Å². The van der Waals surface area contributed by atoms with Crippen LogP contribution in [0.25, 0.3) is 0 Å². The number of hydrogen-bond acceptors (Lipinski definition) is 3. The molecule has 84 valence electrons. The van der Waals surface area contributed by atoms with Crippen molar-refractivity contribution in [3.05, 3.63) is 41.6 Å². The Morgan fingerprint density at radius 1 is 1.62 bits per heavy atom. The minimum Gasteiger partial charge on any atom is -0.459 e. The summed E-state index contributed by atoms with van der Waals surface area (Å²) < 4.78 is 5.15. The lowest BCUT2D eigenvalue weighted by Gasteiger charge is -2.14. The maximum atomic E-state index is 12.0. The maximum absolute atomic E-state index is 12.0. The molecular weight excluding hydrogens is 206 g/mol. The molecule has 0 saturated carbocycles. The maximum Gasteiger partial charge on any atom is 0.289 e. The van der Waals surface area contributed by atoms with Gasteiger partial charge in [-0.2, -0.15) is 5.10 Å². The summed E-state index contributed by atoms with van der Waals surface area (Å²) in [5, 5.41) is 6.54. The zero-order valence-corrected chi connectivity index (χ0v) is 9.23. The Kier molecular flexibility index (Phi) is 2.76. The van der Waals surface area contributed by atoms with Crippen LogP contribution in [0.1, 0.15) is 21.7 Å². The van der Waals surface area contributed by atoms with Crippen LogP contribution in [-0.4, -0.2) is 28.1 Å². The summed E-state index contributed by atoms with van der Waals surface area (Å²) in [6.45, 7) is 2.36. The summed E-state index contributed by atoms with van der Waals surface area (Å²) in [4.78, 5) is 13.5. The van der Waals surface area contributed by atoms with Crippen molar-refractivity contribution >= 4 is 5.91 Å². The Hall–Kier alpha value is -2.04. The fraction of sp³-hybridized carbons (Fsp3) is 0.273. The lowest BCUT2D eigenvalue weighted by atomic mass is 10.2. The predicted molar refractivity (Wildman–Crippen MR) is 57.8 cm³/mol. The number of aromatic nitrogens is 2. The quantitative estimate of drug-likeness (QED) is 0.852. The monoisotopic (exact) mass is 219 g/mol. The summed E-state index contributed by atoms with van der Waals surface area (Å²) in [5.41, 5.74) is 1.81. The molecular formula is C11H13N3O2. The van der Waals surface area contributed by atoms with E-state index in [1.165, 1.54) is 6.26 Å². The largest absolute Gasteiger partial charge is 0.459 e. The van der Waals surface area contributed by atoms with Crippen LogP contribution >= 0.6 is 0 Å². The van der Waals surface area contributed by atoms with Crippen LogP contribution in [0.15, 0.2) is 29.1 Å². The number of hydrogen-bond donors (Lipinski definition) is 1. The molecule has 0 atom stereocenters. The van der Waals surface area contributed by atoms with Crippen molar-refractivity contribution in [3.63, 3.8) is 0 Å². The number of H-pyrrole nitrogens is 1. The van der Waals surface area contributed by atoms with E-state index in [9.17, 15) is 4.79 Å². The van der Waals surface area contributed by atoms with Gasteiger partial charge in [0, 0.05) is 30.9 Å². The second kappa shape index (κ2) is 4.22. The third kappa shape index (κ3) is 1.98. The van der Waals surface area contributed by atoms with Crippen LogP contribution in [0.5, 0.6) is 0 Å². The minimum absolute atomic E-state index is 0.122. The highest BCUT2D eigenvalue weighted by Crippen LogP contribution is 2.12. The van der Waals surface area contributed by atoms with Crippen molar-refractivity contribution in [2.24, 2.45) is 0 Å². The zero-order valence-electron chi connectivity index (χ0n) is 9.23. The van der Waals surface area contributed by atoms with Gasteiger partial charge in [-0.15, -0.1) is 0 Å². The third-order valence-corrected chi connectivity index (χ3v) is 2.38. The van der Waals surface area contributed by atoms with E-state index in [4.69, 9.17) is 4.42 Å². The molecule has 2 aromatic heterocycles. The minimum atomic E-state index is -0.122.